The topological polar surface area (TPSA) is 49.4 Å². The molecule has 0 aliphatic rings. The second-order valence-corrected chi connectivity index (χ2v) is 8.51. The number of nitrogens with zero attached hydrogens (tertiary/aromatic N) is 1. The van der Waals surface area contributed by atoms with Gasteiger partial charge in [0.2, 0.25) is 11.8 Å². The molecule has 0 spiro atoms. The van der Waals surface area contributed by atoms with Crippen LogP contribution >= 0.6 is 23.2 Å². The fraction of sp³-hybridized carbons (Fsp3) is 0.231. The summed E-state index contributed by atoms with van der Waals surface area (Å²) < 4.78 is 0. The molecule has 0 bridgehead atoms. The van der Waals surface area contributed by atoms with Gasteiger partial charge in [0.15, 0.2) is 0 Å². The third kappa shape index (κ3) is 6.12. The smallest absolute Gasteiger partial charge is 0.242 e. The average molecular weight is 469 g/mol. The van der Waals surface area contributed by atoms with E-state index in [9.17, 15) is 9.59 Å². The SMILES string of the molecule is CNC(=O)[C@H](Cc1ccccc1)N(Cc1ccccc1C)C(=O)Cc1ccc(Cl)c(Cl)c1. The molecule has 3 rings (SSSR count). The predicted octanol–water partition coefficient (Wildman–Crippen LogP) is 5.23. The molecule has 32 heavy (non-hydrogen) atoms. The average Bonchev–Trinajstić information content (AvgIpc) is 2.80. The van der Waals surface area contributed by atoms with Crippen molar-refractivity contribution >= 4 is 35.0 Å². The van der Waals surface area contributed by atoms with Gasteiger partial charge in [0, 0.05) is 20.0 Å². The lowest BCUT2D eigenvalue weighted by Gasteiger charge is -2.31. The molecule has 6 heteroatoms. The van der Waals surface area contributed by atoms with Gasteiger partial charge in [-0.1, -0.05) is 83.9 Å². The Kier molecular flexibility index (Phi) is 8.32. The van der Waals surface area contributed by atoms with Crippen LogP contribution in [0.1, 0.15) is 22.3 Å². The number of likely N-dealkylation sites (N-methyl/N-ethyl adjacent to an activating group) is 1. The summed E-state index contributed by atoms with van der Waals surface area (Å²) in [4.78, 5) is 28.2. The highest BCUT2D eigenvalue weighted by Crippen LogP contribution is 2.24. The lowest BCUT2D eigenvalue weighted by Crippen LogP contribution is -2.50. The number of carbonyl (C=O) groups is 2. The highest BCUT2D eigenvalue weighted by molar-refractivity contribution is 6.42. The van der Waals surface area contributed by atoms with Crippen LogP contribution in [0.4, 0.5) is 0 Å². The number of carbonyl (C=O) groups excluding carboxylic acids is 2. The molecule has 2 amide bonds. The van der Waals surface area contributed by atoms with Gasteiger partial charge in [0.05, 0.1) is 16.5 Å². The van der Waals surface area contributed by atoms with Gasteiger partial charge in [-0.05, 0) is 41.3 Å². The van der Waals surface area contributed by atoms with E-state index < -0.39 is 6.04 Å². The molecule has 0 aliphatic carbocycles. The molecule has 166 valence electrons. The first kappa shape index (κ1) is 23.8. The first-order valence-electron chi connectivity index (χ1n) is 10.4. The number of halogens is 2. The number of hydrogen-bond donors (Lipinski definition) is 1. The van der Waals surface area contributed by atoms with E-state index in [0.29, 0.717) is 23.0 Å². The summed E-state index contributed by atoms with van der Waals surface area (Å²) in [7, 11) is 1.59. The number of benzene rings is 3. The Morgan fingerprint density at radius 2 is 1.59 bits per heavy atom. The van der Waals surface area contributed by atoms with Crippen molar-refractivity contribution in [3.05, 3.63) is 105 Å². The van der Waals surface area contributed by atoms with Crippen molar-refractivity contribution in [1.29, 1.82) is 0 Å². The largest absolute Gasteiger partial charge is 0.357 e. The maximum Gasteiger partial charge on any atom is 0.242 e. The molecule has 3 aromatic carbocycles. The molecule has 0 aliphatic heterocycles. The summed E-state index contributed by atoms with van der Waals surface area (Å²) in [6.45, 7) is 2.33. The van der Waals surface area contributed by atoms with E-state index >= 15 is 0 Å². The molecule has 0 aromatic heterocycles. The normalized spacial score (nSPS) is 11.6. The van der Waals surface area contributed by atoms with Gasteiger partial charge in [0.25, 0.3) is 0 Å². The molecule has 0 saturated carbocycles. The maximum absolute atomic E-state index is 13.5. The van der Waals surface area contributed by atoms with Crippen LogP contribution < -0.4 is 5.32 Å². The van der Waals surface area contributed by atoms with Gasteiger partial charge >= 0.3 is 0 Å². The van der Waals surface area contributed by atoms with Gasteiger partial charge in [-0.2, -0.15) is 0 Å². The Hall–Kier alpha value is -2.82. The Balaban J connectivity index is 1.96. The summed E-state index contributed by atoms with van der Waals surface area (Å²) in [5.74, 6) is -0.360. The maximum atomic E-state index is 13.5. The summed E-state index contributed by atoms with van der Waals surface area (Å²) in [5, 5.41) is 3.56. The lowest BCUT2D eigenvalue weighted by molar-refractivity contribution is -0.140. The van der Waals surface area contributed by atoms with Crippen molar-refractivity contribution in [2.45, 2.75) is 32.4 Å². The highest BCUT2D eigenvalue weighted by atomic mass is 35.5. The van der Waals surface area contributed by atoms with Gasteiger partial charge in [-0.3, -0.25) is 9.59 Å². The molecule has 0 saturated heterocycles. The van der Waals surface area contributed by atoms with Crippen LogP contribution in [0.25, 0.3) is 0 Å². The third-order valence-corrected chi connectivity index (χ3v) is 6.20. The second kappa shape index (κ2) is 11.2. The summed E-state index contributed by atoms with van der Waals surface area (Å²) >= 11 is 12.2. The highest BCUT2D eigenvalue weighted by Gasteiger charge is 2.30. The van der Waals surface area contributed by atoms with E-state index in [4.69, 9.17) is 23.2 Å². The Morgan fingerprint density at radius 3 is 2.25 bits per heavy atom. The van der Waals surface area contributed by atoms with Gasteiger partial charge < -0.3 is 10.2 Å². The molecule has 0 fully saturated rings. The van der Waals surface area contributed by atoms with Gasteiger partial charge in [-0.25, -0.2) is 0 Å². The van der Waals surface area contributed by atoms with Crippen LogP contribution in [0, 0.1) is 6.92 Å². The number of hydrogen-bond acceptors (Lipinski definition) is 2. The third-order valence-electron chi connectivity index (χ3n) is 5.46. The lowest BCUT2D eigenvalue weighted by atomic mass is 10.0. The molecular weight excluding hydrogens is 443 g/mol. The first-order chi connectivity index (χ1) is 15.4. The summed E-state index contributed by atoms with van der Waals surface area (Å²) in [6.07, 6.45) is 0.532. The van der Waals surface area contributed by atoms with Crippen LogP contribution in [0.5, 0.6) is 0 Å². The van der Waals surface area contributed by atoms with Crippen LogP contribution in [-0.2, 0) is 29.0 Å². The quantitative estimate of drug-likeness (QED) is 0.491. The number of nitrogens with one attached hydrogen (secondary N) is 1. The predicted molar refractivity (Wildman–Crippen MR) is 130 cm³/mol. The number of aryl methyl sites for hydroxylation is 1. The monoisotopic (exact) mass is 468 g/mol. The minimum absolute atomic E-state index is 0.116. The Bertz CT molecular complexity index is 1090. The second-order valence-electron chi connectivity index (χ2n) is 7.69. The van der Waals surface area contributed by atoms with E-state index in [0.717, 1.165) is 22.3 Å². The van der Waals surface area contributed by atoms with Crippen LogP contribution in [0.3, 0.4) is 0 Å². The van der Waals surface area contributed by atoms with Crippen LogP contribution in [0.15, 0.2) is 72.8 Å². The molecule has 0 unspecified atom stereocenters. The van der Waals surface area contributed by atoms with Gasteiger partial charge in [-0.15, -0.1) is 0 Å². The fourth-order valence-corrected chi connectivity index (χ4v) is 3.94. The molecule has 4 nitrogen and oxygen atoms in total. The fourth-order valence-electron chi connectivity index (χ4n) is 3.62. The van der Waals surface area contributed by atoms with Crippen molar-refractivity contribution in [3.63, 3.8) is 0 Å². The van der Waals surface area contributed by atoms with E-state index in [1.807, 2.05) is 61.5 Å². The minimum Gasteiger partial charge on any atom is -0.357 e. The van der Waals surface area contributed by atoms with E-state index in [2.05, 4.69) is 5.32 Å². The van der Waals surface area contributed by atoms with Crippen molar-refractivity contribution in [2.24, 2.45) is 0 Å². The number of rotatable bonds is 8. The Labute approximate surface area is 199 Å². The summed E-state index contributed by atoms with van der Waals surface area (Å²) in [6, 6.07) is 22.1. The zero-order valence-corrected chi connectivity index (χ0v) is 19.7. The molecule has 0 radical (unpaired) electrons. The minimum atomic E-state index is -0.655. The summed E-state index contributed by atoms with van der Waals surface area (Å²) in [5.41, 5.74) is 3.79. The molecule has 3 aromatic rings. The standard InChI is InChI=1S/C26H26Cl2N2O2/c1-18-8-6-7-11-21(18)17-30(25(31)16-20-12-13-22(27)23(28)14-20)24(26(32)29-2)15-19-9-4-3-5-10-19/h3-14,24H,15-17H2,1-2H3,(H,29,32)/t24-/m0/s1. The number of amides is 2. The van der Waals surface area contributed by atoms with E-state index in [1.165, 1.54) is 0 Å². The van der Waals surface area contributed by atoms with Crippen molar-refractivity contribution in [2.75, 3.05) is 7.05 Å². The first-order valence-corrected chi connectivity index (χ1v) is 11.2. The van der Waals surface area contributed by atoms with E-state index in [1.54, 1.807) is 30.1 Å². The van der Waals surface area contributed by atoms with Gasteiger partial charge in [0.1, 0.15) is 6.04 Å². The van der Waals surface area contributed by atoms with Crippen LogP contribution in [-0.4, -0.2) is 29.8 Å². The zero-order chi connectivity index (χ0) is 23.1. The van der Waals surface area contributed by atoms with Crippen molar-refractivity contribution in [3.8, 4) is 0 Å². The zero-order valence-electron chi connectivity index (χ0n) is 18.1. The van der Waals surface area contributed by atoms with E-state index in [-0.39, 0.29) is 18.2 Å². The molecule has 1 atom stereocenters. The Morgan fingerprint density at radius 1 is 0.906 bits per heavy atom. The molecule has 1 N–H and O–H groups in total. The van der Waals surface area contributed by atoms with Crippen molar-refractivity contribution < 1.29 is 9.59 Å². The van der Waals surface area contributed by atoms with Crippen LogP contribution in [0.2, 0.25) is 10.0 Å². The molecular formula is C26H26Cl2N2O2. The molecule has 0 heterocycles. The van der Waals surface area contributed by atoms with Crippen molar-refractivity contribution in [1.82, 2.24) is 10.2 Å².